The number of hydrogen-bond acceptors (Lipinski definition) is 3. The molecule has 0 unspecified atom stereocenters. The molecule has 2 rings (SSSR count). The van der Waals surface area contributed by atoms with Crippen LogP contribution < -0.4 is 10.5 Å². The van der Waals surface area contributed by atoms with E-state index in [4.69, 9.17) is 15.6 Å². The molecular formula is C19H31NO2. The molecule has 3 heteroatoms. The Balaban J connectivity index is 0. The van der Waals surface area contributed by atoms with Gasteiger partial charge in [-0.3, -0.25) is 0 Å². The normalized spacial score (nSPS) is 8.18. The minimum Gasteiger partial charge on any atom is -0.457 e. The molecule has 0 aliphatic heterocycles. The van der Waals surface area contributed by atoms with Crippen LogP contribution in [0.4, 0.5) is 5.69 Å². The van der Waals surface area contributed by atoms with Crippen LogP contribution in [0.5, 0.6) is 11.5 Å². The van der Waals surface area contributed by atoms with Crippen LogP contribution in [0.1, 0.15) is 38.8 Å². The number of aliphatic hydroxyl groups is 1. The number of para-hydroxylation sites is 1. The first-order chi connectivity index (χ1) is 10.7. The van der Waals surface area contributed by atoms with Crippen LogP contribution in [0.25, 0.3) is 0 Å². The molecule has 0 amide bonds. The SMILES string of the molecule is CC.CC.CO.Cc1cc(C)c(Oc2ccccc2)cc1N. The topological polar surface area (TPSA) is 55.5 Å². The van der Waals surface area contributed by atoms with Crippen LogP contribution >= 0.6 is 0 Å². The van der Waals surface area contributed by atoms with Gasteiger partial charge in [0.05, 0.1) is 0 Å². The van der Waals surface area contributed by atoms with Gasteiger partial charge in [0.2, 0.25) is 0 Å². The maximum absolute atomic E-state index is 7.00. The van der Waals surface area contributed by atoms with Crippen LogP contribution in [0.3, 0.4) is 0 Å². The summed E-state index contributed by atoms with van der Waals surface area (Å²) in [5, 5.41) is 7.00. The first kappa shape index (κ1) is 22.3. The summed E-state index contributed by atoms with van der Waals surface area (Å²) in [5.74, 6) is 1.64. The van der Waals surface area contributed by atoms with Gasteiger partial charge >= 0.3 is 0 Å². The molecule has 0 spiro atoms. The minimum absolute atomic E-state index is 0.761. The molecule has 2 aromatic rings. The number of hydrogen-bond donors (Lipinski definition) is 2. The van der Waals surface area contributed by atoms with Gasteiger partial charge in [-0.15, -0.1) is 0 Å². The van der Waals surface area contributed by atoms with E-state index in [1.165, 1.54) is 0 Å². The molecule has 0 saturated heterocycles. The van der Waals surface area contributed by atoms with Gasteiger partial charge < -0.3 is 15.6 Å². The molecule has 3 nitrogen and oxygen atoms in total. The fraction of sp³-hybridized carbons (Fsp3) is 0.368. The molecule has 0 aliphatic carbocycles. The number of nitrogen functional groups attached to an aromatic ring is 1. The fourth-order valence-electron chi connectivity index (χ4n) is 1.57. The van der Waals surface area contributed by atoms with Gasteiger partial charge in [-0.1, -0.05) is 52.0 Å². The monoisotopic (exact) mass is 305 g/mol. The molecule has 0 aromatic heterocycles. The summed E-state index contributed by atoms with van der Waals surface area (Å²) in [5.41, 5.74) is 8.80. The van der Waals surface area contributed by atoms with Gasteiger partial charge in [-0.05, 0) is 37.1 Å². The third-order valence-electron chi connectivity index (χ3n) is 2.53. The first-order valence-corrected chi connectivity index (χ1v) is 7.71. The zero-order valence-electron chi connectivity index (χ0n) is 15.0. The molecule has 0 atom stereocenters. The molecule has 0 saturated carbocycles. The first-order valence-electron chi connectivity index (χ1n) is 7.71. The molecule has 124 valence electrons. The predicted molar refractivity (Wildman–Crippen MR) is 97.7 cm³/mol. The van der Waals surface area contributed by atoms with E-state index in [-0.39, 0.29) is 0 Å². The van der Waals surface area contributed by atoms with E-state index < -0.39 is 0 Å². The number of ether oxygens (including phenoxy) is 1. The standard InChI is InChI=1S/C14H15NO.2C2H6.CH4O/c1-10-8-11(2)14(9-13(10)15)16-12-6-4-3-5-7-12;3*1-2/h3-9H,15H2,1-2H3;2*1-2H3;2H,1H3. The van der Waals surface area contributed by atoms with Gasteiger partial charge in [0.25, 0.3) is 0 Å². The largest absolute Gasteiger partial charge is 0.457 e. The van der Waals surface area contributed by atoms with E-state index in [2.05, 4.69) is 0 Å². The lowest BCUT2D eigenvalue weighted by Crippen LogP contribution is -1.94. The highest BCUT2D eigenvalue weighted by Crippen LogP contribution is 2.28. The third-order valence-corrected chi connectivity index (χ3v) is 2.53. The van der Waals surface area contributed by atoms with Gasteiger partial charge in [0, 0.05) is 18.9 Å². The van der Waals surface area contributed by atoms with Crippen LogP contribution in [-0.2, 0) is 0 Å². The Labute approximate surface area is 135 Å². The van der Waals surface area contributed by atoms with Crippen molar-refractivity contribution in [2.45, 2.75) is 41.5 Å². The molecule has 0 fully saturated rings. The van der Waals surface area contributed by atoms with Crippen LogP contribution in [0.2, 0.25) is 0 Å². The molecule has 2 aromatic carbocycles. The van der Waals surface area contributed by atoms with Gasteiger partial charge in [-0.2, -0.15) is 0 Å². The van der Waals surface area contributed by atoms with Crippen molar-refractivity contribution in [3.8, 4) is 11.5 Å². The van der Waals surface area contributed by atoms with Crippen molar-refractivity contribution in [2.24, 2.45) is 0 Å². The second kappa shape index (κ2) is 14.0. The summed E-state index contributed by atoms with van der Waals surface area (Å²) in [7, 11) is 1.00. The maximum atomic E-state index is 7.00. The van der Waals surface area contributed by atoms with E-state index in [1.54, 1.807) is 0 Å². The Morgan fingerprint density at radius 1 is 0.818 bits per heavy atom. The number of rotatable bonds is 2. The maximum Gasteiger partial charge on any atom is 0.132 e. The van der Waals surface area contributed by atoms with Gasteiger partial charge in [0.1, 0.15) is 11.5 Å². The van der Waals surface area contributed by atoms with Crippen molar-refractivity contribution in [3.63, 3.8) is 0 Å². The summed E-state index contributed by atoms with van der Waals surface area (Å²) in [6, 6.07) is 13.6. The lowest BCUT2D eigenvalue weighted by molar-refractivity contribution is 0.399. The summed E-state index contributed by atoms with van der Waals surface area (Å²) >= 11 is 0. The van der Waals surface area contributed by atoms with Crippen molar-refractivity contribution in [2.75, 3.05) is 12.8 Å². The number of aryl methyl sites for hydroxylation is 2. The van der Waals surface area contributed by atoms with Crippen LogP contribution in [0.15, 0.2) is 42.5 Å². The summed E-state index contributed by atoms with van der Waals surface area (Å²) in [6.45, 7) is 12.0. The molecule has 0 heterocycles. The Morgan fingerprint density at radius 3 is 1.82 bits per heavy atom. The summed E-state index contributed by atoms with van der Waals surface area (Å²) in [4.78, 5) is 0. The Morgan fingerprint density at radius 2 is 1.32 bits per heavy atom. The van der Waals surface area contributed by atoms with E-state index in [9.17, 15) is 0 Å². The predicted octanol–water partition coefficient (Wildman–Crippen LogP) is 5.34. The van der Waals surface area contributed by atoms with Crippen molar-refractivity contribution in [1.82, 2.24) is 0 Å². The molecule has 0 bridgehead atoms. The van der Waals surface area contributed by atoms with Crippen LogP contribution in [-0.4, -0.2) is 12.2 Å². The fourth-order valence-corrected chi connectivity index (χ4v) is 1.57. The molecule has 22 heavy (non-hydrogen) atoms. The number of aliphatic hydroxyl groups excluding tert-OH is 1. The van der Waals surface area contributed by atoms with Gasteiger partial charge in [0.15, 0.2) is 0 Å². The Hall–Kier alpha value is -2.00. The molecule has 0 aliphatic rings. The smallest absolute Gasteiger partial charge is 0.132 e. The second-order valence-corrected chi connectivity index (χ2v) is 3.89. The molecule has 0 radical (unpaired) electrons. The lowest BCUT2D eigenvalue weighted by atomic mass is 10.1. The van der Waals surface area contributed by atoms with E-state index in [0.29, 0.717) is 0 Å². The Bertz CT molecular complexity index is 496. The highest BCUT2D eigenvalue weighted by molar-refractivity contribution is 5.54. The zero-order valence-corrected chi connectivity index (χ0v) is 15.0. The number of benzene rings is 2. The molecule has 3 N–H and O–H groups in total. The summed E-state index contributed by atoms with van der Waals surface area (Å²) < 4.78 is 5.76. The summed E-state index contributed by atoms with van der Waals surface area (Å²) in [6.07, 6.45) is 0. The van der Waals surface area contributed by atoms with Crippen molar-refractivity contribution in [1.29, 1.82) is 0 Å². The molecular weight excluding hydrogens is 274 g/mol. The highest BCUT2D eigenvalue weighted by Gasteiger charge is 2.04. The average Bonchev–Trinajstić information content (AvgIpc) is 2.59. The minimum atomic E-state index is 0.761. The van der Waals surface area contributed by atoms with Crippen LogP contribution in [0, 0.1) is 13.8 Å². The quantitative estimate of drug-likeness (QED) is 0.736. The van der Waals surface area contributed by atoms with E-state index >= 15 is 0 Å². The van der Waals surface area contributed by atoms with Crippen molar-refractivity contribution in [3.05, 3.63) is 53.6 Å². The van der Waals surface area contributed by atoms with E-state index in [0.717, 1.165) is 35.4 Å². The van der Waals surface area contributed by atoms with Gasteiger partial charge in [-0.25, -0.2) is 0 Å². The van der Waals surface area contributed by atoms with E-state index in [1.807, 2.05) is 84.0 Å². The number of anilines is 1. The zero-order chi connectivity index (χ0) is 17.5. The average molecular weight is 305 g/mol. The highest BCUT2D eigenvalue weighted by atomic mass is 16.5. The van der Waals surface area contributed by atoms with Crippen molar-refractivity contribution >= 4 is 5.69 Å². The Kier molecular flexibility index (Phi) is 14.1. The lowest BCUT2D eigenvalue weighted by Gasteiger charge is -2.11. The number of nitrogens with two attached hydrogens (primary N) is 1. The third kappa shape index (κ3) is 7.70. The van der Waals surface area contributed by atoms with Crippen molar-refractivity contribution < 1.29 is 9.84 Å². The second-order valence-electron chi connectivity index (χ2n) is 3.89.